The summed E-state index contributed by atoms with van der Waals surface area (Å²) in [5, 5.41) is 11.3. The highest BCUT2D eigenvalue weighted by atomic mass is 35.5. The first-order valence-corrected chi connectivity index (χ1v) is 11.5. The highest BCUT2D eigenvalue weighted by Gasteiger charge is 2.29. The van der Waals surface area contributed by atoms with Gasteiger partial charge in [-0.05, 0) is 46.3 Å². The lowest BCUT2D eigenvalue weighted by Gasteiger charge is -2.23. The minimum absolute atomic E-state index is 0. The lowest BCUT2D eigenvalue weighted by atomic mass is 9.88. The molecule has 0 aliphatic heterocycles. The van der Waals surface area contributed by atoms with Crippen molar-refractivity contribution in [2.24, 2.45) is 5.92 Å². The zero-order chi connectivity index (χ0) is 20.4. The highest BCUT2D eigenvalue weighted by molar-refractivity contribution is 7.99. The van der Waals surface area contributed by atoms with Gasteiger partial charge in [-0.15, -0.1) is 22.6 Å². The van der Waals surface area contributed by atoms with Crippen LogP contribution >= 0.6 is 24.2 Å². The van der Waals surface area contributed by atoms with Crippen LogP contribution in [0, 0.1) is 5.92 Å². The average molecular weight is 447 g/mol. The smallest absolute Gasteiger partial charge is 0.286 e. The summed E-state index contributed by atoms with van der Waals surface area (Å²) >= 11 is 1.46. The SMILES string of the molecule is CCCCC(NC(=O)C1CCCCC1)C(=O)c1nnc(SCCCN(C)C)o1.Cl. The van der Waals surface area contributed by atoms with E-state index in [1.807, 2.05) is 14.1 Å². The van der Waals surface area contributed by atoms with Gasteiger partial charge in [0.25, 0.3) is 11.1 Å². The highest BCUT2D eigenvalue weighted by Crippen LogP contribution is 2.24. The molecule has 1 atom stereocenters. The van der Waals surface area contributed by atoms with Crippen LogP contribution in [0.2, 0.25) is 0 Å². The molecule has 0 aromatic carbocycles. The largest absolute Gasteiger partial charge is 0.408 e. The second-order valence-electron chi connectivity index (χ2n) is 7.78. The fourth-order valence-corrected chi connectivity index (χ4v) is 4.07. The molecule has 166 valence electrons. The minimum atomic E-state index is -0.582. The summed E-state index contributed by atoms with van der Waals surface area (Å²) in [5.41, 5.74) is 0. The normalized spacial score (nSPS) is 15.7. The Bertz CT molecular complexity index is 621. The summed E-state index contributed by atoms with van der Waals surface area (Å²) in [6.07, 6.45) is 8.61. The Morgan fingerprint density at radius 3 is 2.59 bits per heavy atom. The number of amides is 1. The van der Waals surface area contributed by atoms with Crippen molar-refractivity contribution in [3.63, 3.8) is 0 Å². The van der Waals surface area contributed by atoms with Crippen molar-refractivity contribution in [2.45, 2.75) is 76.0 Å². The topological polar surface area (TPSA) is 88.3 Å². The van der Waals surface area contributed by atoms with Gasteiger partial charge in [-0.25, -0.2) is 0 Å². The minimum Gasteiger partial charge on any atom is -0.408 e. The summed E-state index contributed by atoms with van der Waals surface area (Å²) in [5.74, 6) is 0.597. The van der Waals surface area contributed by atoms with E-state index in [2.05, 4.69) is 27.3 Å². The molecule has 7 nitrogen and oxygen atoms in total. The molecule has 1 amide bonds. The molecule has 1 N–H and O–H groups in total. The van der Waals surface area contributed by atoms with E-state index in [1.165, 1.54) is 18.2 Å². The van der Waals surface area contributed by atoms with Crippen LogP contribution in [0.25, 0.3) is 0 Å². The number of halogens is 1. The van der Waals surface area contributed by atoms with E-state index in [0.717, 1.165) is 57.2 Å². The molecule has 1 aromatic heterocycles. The van der Waals surface area contributed by atoms with Crippen LogP contribution in [0.1, 0.15) is 75.4 Å². The Morgan fingerprint density at radius 2 is 1.93 bits per heavy atom. The van der Waals surface area contributed by atoms with Crippen LogP contribution in [0.4, 0.5) is 0 Å². The maximum absolute atomic E-state index is 12.9. The third kappa shape index (κ3) is 9.05. The van der Waals surface area contributed by atoms with Crippen molar-refractivity contribution in [1.29, 1.82) is 0 Å². The van der Waals surface area contributed by atoms with E-state index < -0.39 is 6.04 Å². The number of Topliss-reactive ketones (excluding diaryl/α,β-unsaturated/α-hetero) is 1. The molecule has 1 aliphatic carbocycles. The number of hydrogen-bond acceptors (Lipinski definition) is 7. The molecule has 2 rings (SSSR count). The van der Waals surface area contributed by atoms with Gasteiger partial charge in [0.2, 0.25) is 11.7 Å². The maximum Gasteiger partial charge on any atom is 0.286 e. The Kier molecular flexibility index (Phi) is 12.5. The molecule has 1 aliphatic rings. The first-order chi connectivity index (χ1) is 13.5. The third-order valence-electron chi connectivity index (χ3n) is 5.05. The van der Waals surface area contributed by atoms with Crippen molar-refractivity contribution in [3.05, 3.63) is 5.89 Å². The van der Waals surface area contributed by atoms with E-state index in [9.17, 15) is 9.59 Å². The number of nitrogens with zero attached hydrogens (tertiary/aromatic N) is 3. The average Bonchev–Trinajstić information content (AvgIpc) is 3.17. The summed E-state index contributed by atoms with van der Waals surface area (Å²) in [6.45, 7) is 3.05. The summed E-state index contributed by atoms with van der Waals surface area (Å²) in [4.78, 5) is 27.6. The standard InChI is InChI=1S/C20H34N4O3S.ClH/c1-4-5-12-16(21-18(26)15-10-7-6-8-11-15)17(25)19-22-23-20(27-19)28-14-9-13-24(2)3;/h15-16H,4-14H2,1-3H3,(H,21,26);1H. The molecule has 1 unspecified atom stereocenters. The van der Waals surface area contributed by atoms with Crippen molar-refractivity contribution in [3.8, 4) is 0 Å². The van der Waals surface area contributed by atoms with Crippen LogP contribution < -0.4 is 5.32 Å². The van der Waals surface area contributed by atoms with Gasteiger partial charge in [0, 0.05) is 11.7 Å². The van der Waals surface area contributed by atoms with E-state index in [-0.39, 0.29) is 35.9 Å². The number of nitrogens with one attached hydrogen (secondary N) is 1. The second kappa shape index (κ2) is 14.0. The van der Waals surface area contributed by atoms with Gasteiger partial charge in [-0.2, -0.15) is 0 Å². The van der Waals surface area contributed by atoms with Crippen LogP contribution in [-0.2, 0) is 4.79 Å². The first-order valence-electron chi connectivity index (χ1n) is 10.5. The van der Waals surface area contributed by atoms with Crippen LogP contribution in [0.5, 0.6) is 0 Å². The van der Waals surface area contributed by atoms with Gasteiger partial charge < -0.3 is 14.6 Å². The maximum atomic E-state index is 12.9. The number of carbonyl (C=O) groups excluding carboxylic acids is 2. The van der Waals surface area contributed by atoms with Crippen molar-refractivity contribution in [1.82, 2.24) is 20.4 Å². The number of hydrogen-bond donors (Lipinski definition) is 1. The second-order valence-corrected chi connectivity index (χ2v) is 8.83. The summed E-state index contributed by atoms with van der Waals surface area (Å²) in [7, 11) is 4.07. The number of ketones is 1. The molecule has 29 heavy (non-hydrogen) atoms. The van der Waals surface area contributed by atoms with Crippen LogP contribution in [-0.4, -0.2) is 59.2 Å². The molecule has 9 heteroatoms. The monoisotopic (exact) mass is 446 g/mol. The number of aromatic nitrogens is 2. The molecule has 1 saturated carbocycles. The van der Waals surface area contributed by atoms with Gasteiger partial charge in [0.1, 0.15) is 0 Å². The Balaban J connectivity index is 0.00000420. The van der Waals surface area contributed by atoms with Gasteiger partial charge in [0.15, 0.2) is 0 Å². The number of carbonyl (C=O) groups is 2. The van der Waals surface area contributed by atoms with Crippen LogP contribution in [0.3, 0.4) is 0 Å². The fourth-order valence-electron chi connectivity index (χ4n) is 3.39. The Labute approximate surface area is 184 Å². The molecular weight excluding hydrogens is 412 g/mol. The Morgan fingerprint density at radius 1 is 1.21 bits per heavy atom. The van der Waals surface area contributed by atoms with Gasteiger partial charge >= 0.3 is 0 Å². The molecular formula is C20H35ClN4O3S. The summed E-state index contributed by atoms with van der Waals surface area (Å²) in [6, 6.07) is -0.582. The number of thioether (sulfide) groups is 1. The van der Waals surface area contributed by atoms with Gasteiger partial charge in [-0.1, -0.05) is 50.8 Å². The van der Waals surface area contributed by atoms with Crippen LogP contribution in [0.15, 0.2) is 9.64 Å². The third-order valence-corrected chi connectivity index (χ3v) is 5.95. The quantitative estimate of drug-likeness (QED) is 0.295. The molecule has 1 fully saturated rings. The van der Waals surface area contributed by atoms with E-state index >= 15 is 0 Å². The van der Waals surface area contributed by atoms with E-state index in [4.69, 9.17) is 4.42 Å². The number of unbranched alkanes of at least 4 members (excludes halogenated alkanes) is 1. The summed E-state index contributed by atoms with van der Waals surface area (Å²) < 4.78 is 5.57. The predicted octanol–water partition coefficient (Wildman–Crippen LogP) is 3.97. The predicted molar refractivity (Wildman–Crippen MR) is 118 cm³/mol. The fraction of sp³-hybridized carbons (Fsp3) is 0.800. The lowest BCUT2D eigenvalue weighted by Crippen LogP contribution is -2.44. The number of rotatable bonds is 12. The molecule has 0 bridgehead atoms. The zero-order valence-corrected chi connectivity index (χ0v) is 19.4. The zero-order valence-electron chi connectivity index (χ0n) is 17.8. The van der Waals surface area contributed by atoms with Crippen molar-refractivity contribution < 1.29 is 14.0 Å². The first kappa shape index (κ1) is 25.9. The molecule has 1 aromatic rings. The van der Waals surface area contributed by atoms with Gasteiger partial charge in [-0.3, -0.25) is 9.59 Å². The van der Waals surface area contributed by atoms with Crippen molar-refractivity contribution in [2.75, 3.05) is 26.4 Å². The van der Waals surface area contributed by atoms with Crippen molar-refractivity contribution >= 4 is 35.9 Å². The van der Waals surface area contributed by atoms with E-state index in [1.54, 1.807) is 0 Å². The lowest BCUT2D eigenvalue weighted by molar-refractivity contribution is -0.126. The molecule has 0 saturated heterocycles. The van der Waals surface area contributed by atoms with E-state index in [0.29, 0.717) is 11.6 Å². The molecule has 0 spiro atoms. The van der Waals surface area contributed by atoms with Gasteiger partial charge in [0.05, 0.1) is 6.04 Å². The molecule has 0 radical (unpaired) electrons. The Hall–Kier alpha value is -1.12. The molecule has 1 heterocycles.